The van der Waals surface area contributed by atoms with Gasteiger partial charge in [-0.2, -0.15) is 0 Å². The lowest BCUT2D eigenvalue weighted by atomic mass is 9.91. The molecule has 0 aliphatic carbocycles. The van der Waals surface area contributed by atoms with Crippen molar-refractivity contribution in [1.82, 2.24) is 0 Å². The Balaban J connectivity index is 2.78. The zero-order valence-electron chi connectivity index (χ0n) is 7.42. The van der Waals surface area contributed by atoms with Crippen LogP contribution in [0.1, 0.15) is 20.3 Å². The number of hydrogen-bond acceptors (Lipinski definition) is 4. The standard InChI is InChI=1S/C8H12O4/c1-8(2)5(7(10)11-3)4-6(9)12-8/h5H,4H2,1-3H3/t5-/m0/s1. The Bertz CT molecular complexity index is 219. The molecule has 1 heterocycles. The lowest BCUT2D eigenvalue weighted by Crippen LogP contribution is -2.33. The summed E-state index contributed by atoms with van der Waals surface area (Å²) in [6.45, 7) is 3.42. The number of esters is 2. The summed E-state index contributed by atoms with van der Waals surface area (Å²) in [5.74, 6) is -1.18. The van der Waals surface area contributed by atoms with Gasteiger partial charge in [-0.3, -0.25) is 9.59 Å². The largest absolute Gasteiger partial charge is 0.469 e. The SMILES string of the molecule is COC(=O)[C@@H]1CC(=O)OC1(C)C. The van der Waals surface area contributed by atoms with Gasteiger partial charge in [0.15, 0.2) is 0 Å². The van der Waals surface area contributed by atoms with Crippen LogP contribution in [-0.4, -0.2) is 24.6 Å². The predicted molar refractivity (Wildman–Crippen MR) is 40.3 cm³/mol. The molecular weight excluding hydrogens is 160 g/mol. The van der Waals surface area contributed by atoms with Crippen LogP contribution < -0.4 is 0 Å². The molecule has 4 heteroatoms. The molecule has 0 aromatic heterocycles. The van der Waals surface area contributed by atoms with Gasteiger partial charge in [0.1, 0.15) is 11.5 Å². The first-order chi connectivity index (χ1) is 5.47. The third-order valence-electron chi connectivity index (χ3n) is 2.07. The van der Waals surface area contributed by atoms with Gasteiger partial charge in [-0.05, 0) is 13.8 Å². The summed E-state index contributed by atoms with van der Waals surface area (Å²) in [5, 5.41) is 0. The van der Waals surface area contributed by atoms with Gasteiger partial charge in [0.25, 0.3) is 0 Å². The minimum atomic E-state index is -0.718. The Labute approximate surface area is 70.8 Å². The summed E-state index contributed by atoms with van der Waals surface area (Å²) in [4.78, 5) is 22.0. The molecule has 0 aromatic rings. The minimum absolute atomic E-state index is 0.125. The second kappa shape index (κ2) is 2.77. The van der Waals surface area contributed by atoms with Gasteiger partial charge in [0.2, 0.25) is 0 Å². The van der Waals surface area contributed by atoms with Crippen LogP contribution in [0, 0.1) is 5.92 Å². The zero-order valence-corrected chi connectivity index (χ0v) is 7.42. The summed E-state index contributed by atoms with van der Waals surface area (Å²) in [7, 11) is 1.31. The number of cyclic esters (lactones) is 1. The zero-order chi connectivity index (χ0) is 9.35. The van der Waals surface area contributed by atoms with Crippen molar-refractivity contribution in [2.75, 3.05) is 7.11 Å². The summed E-state index contributed by atoms with van der Waals surface area (Å²) < 4.78 is 9.49. The summed E-state index contributed by atoms with van der Waals surface area (Å²) in [5.41, 5.74) is -0.718. The fourth-order valence-corrected chi connectivity index (χ4v) is 1.33. The second-order valence-corrected chi connectivity index (χ2v) is 3.36. The molecule has 1 atom stereocenters. The van der Waals surface area contributed by atoms with Crippen LogP contribution in [0.3, 0.4) is 0 Å². The smallest absolute Gasteiger partial charge is 0.313 e. The Morgan fingerprint density at radius 2 is 2.25 bits per heavy atom. The number of hydrogen-bond donors (Lipinski definition) is 0. The van der Waals surface area contributed by atoms with Gasteiger partial charge < -0.3 is 9.47 Å². The molecule has 0 bridgehead atoms. The van der Waals surface area contributed by atoms with Gasteiger partial charge in [0.05, 0.1) is 13.5 Å². The van der Waals surface area contributed by atoms with E-state index in [1.807, 2.05) is 0 Å². The minimum Gasteiger partial charge on any atom is -0.469 e. The Morgan fingerprint density at radius 3 is 2.58 bits per heavy atom. The molecule has 68 valence electrons. The van der Waals surface area contributed by atoms with Crippen LogP contribution in [-0.2, 0) is 19.1 Å². The molecule has 12 heavy (non-hydrogen) atoms. The van der Waals surface area contributed by atoms with E-state index in [0.29, 0.717) is 0 Å². The quantitative estimate of drug-likeness (QED) is 0.540. The van der Waals surface area contributed by atoms with Crippen LogP contribution in [0.4, 0.5) is 0 Å². The van der Waals surface area contributed by atoms with Crippen LogP contribution in [0.2, 0.25) is 0 Å². The van der Waals surface area contributed by atoms with Crippen molar-refractivity contribution < 1.29 is 19.1 Å². The number of ether oxygens (including phenoxy) is 2. The van der Waals surface area contributed by atoms with Gasteiger partial charge in [-0.1, -0.05) is 0 Å². The molecule has 1 aliphatic heterocycles. The monoisotopic (exact) mass is 172 g/mol. The van der Waals surface area contributed by atoms with Crippen molar-refractivity contribution in [3.8, 4) is 0 Å². The summed E-state index contributed by atoms with van der Waals surface area (Å²) in [6, 6.07) is 0. The molecular formula is C8H12O4. The molecule has 1 rings (SSSR count). The molecule has 1 aliphatic rings. The van der Waals surface area contributed by atoms with E-state index in [0.717, 1.165) is 0 Å². The van der Waals surface area contributed by atoms with E-state index in [4.69, 9.17) is 4.74 Å². The van der Waals surface area contributed by atoms with Gasteiger partial charge in [-0.15, -0.1) is 0 Å². The van der Waals surface area contributed by atoms with Crippen LogP contribution >= 0.6 is 0 Å². The normalized spacial score (nSPS) is 26.6. The molecule has 0 unspecified atom stereocenters. The van der Waals surface area contributed by atoms with E-state index in [1.165, 1.54) is 7.11 Å². The molecule has 0 aromatic carbocycles. The van der Waals surface area contributed by atoms with E-state index in [2.05, 4.69) is 4.74 Å². The Hall–Kier alpha value is -1.06. The lowest BCUT2D eigenvalue weighted by molar-refractivity contribution is -0.153. The molecule has 1 saturated heterocycles. The molecule has 0 radical (unpaired) electrons. The molecule has 0 saturated carbocycles. The summed E-state index contributed by atoms with van der Waals surface area (Å²) >= 11 is 0. The van der Waals surface area contributed by atoms with Gasteiger partial charge in [0, 0.05) is 0 Å². The number of methoxy groups -OCH3 is 1. The number of carbonyl (C=O) groups excluding carboxylic acids is 2. The second-order valence-electron chi connectivity index (χ2n) is 3.36. The fraction of sp³-hybridized carbons (Fsp3) is 0.750. The van der Waals surface area contributed by atoms with Crippen LogP contribution in [0.5, 0.6) is 0 Å². The Morgan fingerprint density at radius 1 is 1.67 bits per heavy atom. The lowest BCUT2D eigenvalue weighted by Gasteiger charge is -2.22. The van der Waals surface area contributed by atoms with Crippen molar-refractivity contribution in [1.29, 1.82) is 0 Å². The highest BCUT2D eigenvalue weighted by atomic mass is 16.6. The van der Waals surface area contributed by atoms with E-state index in [9.17, 15) is 9.59 Å². The molecule has 4 nitrogen and oxygen atoms in total. The van der Waals surface area contributed by atoms with Crippen LogP contribution in [0.25, 0.3) is 0 Å². The highest BCUT2D eigenvalue weighted by Crippen LogP contribution is 2.32. The average Bonchev–Trinajstić information content (AvgIpc) is 2.23. The average molecular weight is 172 g/mol. The van der Waals surface area contributed by atoms with Crippen molar-refractivity contribution in [2.24, 2.45) is 5.92 Å². The van der Waals surface area contributed by atoms with Crippen molar-refractivity contribution >= 4 is 11.9 Å². The first-order valence-electron chi connectivity index (χ1n) is 3.77. The highest BCUT2D eigenvalue weighted by Gasteiger charge is 2.46. The number of carbonyl (C=O) groups is 2. The predicted octanol–water partition coefficient (Wildman–Crippen LogP) is 0.501. The third-order valence-corrected chi connectivity index (χ3v) is 2.07. The Kier molecular flexibility index (Phi) is 2.08. The maximum atomic E-state index is 11.1. The molecule has 0 amide bonds. The van der Waals surface area contributed by atoms with Crippen molar-refractivity contribution in [3.05, 3.63) is 0 Å². The third kappa shape index (κ3) is 1.42. The highest BCUT2D eigenvalue weighted by molar-refractivity contribution is 5.84. The van der Waals surface area contributed by atoms with E-state index in [-0.39, 0.29) is 18.4 Å². The molecule has 0 spiro atoms. The first-order valence-corrected chi connectivity index (χ1v) is 3.77. The molecule has 0 N–H and O–H groups in total. The number of rotatable bonds is 1. The first kappa shape index (κ1) is 9.03. The fourth-order valence-electron chi connectivity index (χ4n) is 1.33. The molecule has 1 fully saturated rings. The maximum absolute atomic E-state index is 11.1. The van der Waals surface area contributed by atoms with E-state index in [1.54, 1.807) is 13.8 Å². The van der Waals surface area contributed by atoms with Gasteiger partial charge >= 0.3 is 11.9 Å². The van der Waals surface area contributed by atoms with E-state index < -0.39 is 11.5 Å². The van der Waals surface area contributed by atoms with Crippen molar-refractivity contribution in [3.63, 3.8) is 0 Å². The van der Waals surface area contributed by atoms with Crippen molar-refractivity contribution in [2.45, 2.75) is 25.9 Å². The van der Waals surface area contributed by atoms with E-state index >= 15 is 0 Å². The summed E-state index contributed by atoms with van der Waals surface area (Å²) in [6.07, 6.45) is 0.125. The van der Waals surface area contributed by atoms with Gasteiger partial charge in [-0.25, -0.2) is 0 Å². The van der Waals surface area contributed by atoms with Crippen LogP contribution in [0.15, 0.2) is 0 Å². The maximum Gasteiger partial charge on any atom is 0.313 e. The topological polar surface area (TPSA) is 52.6 Å².